The Bertz CT molecular complexity index is 611. The fraction of sp³-hybridized carbons (Fsp3) is 0.500. The van der Waals surface area contributed by atoms with E-state index < -0.39 is 0 Å². The van der Waals surface area contributed by atoms with Crippen LogP contribution in [0.25, 0.3) is 10.9 Å². The number of likely N-dealkylation sites (N-methyl/N-ethyl adjacent to an activating group) is 1. The Morgan fingerprint density at radius 3 is 3.06 bits per heavy atom. The Morgan fingerprint density at radius 2 is 2.17 bits per heavy atom. The Labute approximate surface area is 108 Å². The van der Waals surface area contributed by atoms with Crippen molar-refractivity contribution in [2.75, 3.05) is 20.1 Å². The van der Waals surface area contributed by atoms with Crippen LogP contribution in [-0.4, -0.2) is 30.0 Å². The summed E-state index contributed by atoms with van der Waals surface area (Å²) in [6, 6.07) is 6.82. The summed E-state index contributed by atoms with van der Waals surface area (Å²) in [4.78, 5) is 6.15. The lowest BCUT2D eigenvalue weighted by Crippen LogP contribution is -2.18. The van der Waals surface area contributed by atoms with Crippen molar-refractivity contribution in [1.82, 2.24) is 9.88 Å². The van der Waals surface area contributed by atoms with E-state index in [1.807, 2.05) is 0 Å². The van der Waals surface area contributed by atoms with Crippen LogP contribution < -0.4 is 0 Å². The molecule has 1 aromatic heterocycles. The largest absolute Gasteiger partial charge is 0.358 e. The minimum Gasteiger partial charge on any atom is -0.358 e. The summed E-state index contributed by atoms with van der Waals surface area (Å²) in [7, 11) is 2.26. The van der Waals surface area contributed by atoms with Gasteiger partial charge >= 0.3 is 0 Å². The Hall–Kier alpha value is -1.28. The molecule has 0 radical (unpaired) electrons. The number of H-pyrrole nitrogens is 1. The highest BCUT2D eigenvalue weighted by Gasteiger charge is 2.37. The molecular weight excluding hydrogens is 220 g/mol. The van der Waals surface area contributed by atoms with Crippen LogP contribution >= 0.6 is 0 Å². The van der Waals surface area contributed by atoms with Crippen LogP contribution in [0, 0.1) is 12.8 Å². The highest BCUT2D eigenvalue weighted by Crippen LogP contribution is 2.44. The average Bonchev–Trinajstić information content (AvgIpc) is 2.87. The zero-order chi connectivity index (χ0) is 12.3. The number of fused-ring (bicyclic) bond motifs is 5. The molecule has 1 N–H and O–H groups in total. The maximum Gasteiger partial charge on any atom is 0.0459 e. The summed E-state index contributed by atoms with van der Waals surface area (Å²) < 4.78 is 0. The molecule has 1 aliphatic heterocycles. The van der Waals surface area contributed by atoms with E-state index in [1.165, 1.54) is 48.1 Å². The second kappa shape index (κ2) is 3.61. The van der Waals surface area contributed by atoms with Crippen molar-refractivity contribution in [1.29, 1.82) is 0 Å². The number of benzene rings is 1. The van der Waals surface area contributed by atoms with E-state index in [2.05, 4.69) is 42.1 Å². The first-order valence-electron chi connectivity index (χ1n) is 7.02. The number of nitrogens with one attached hydrogen (secondary N) is 1. The molecule has 2 nitrogen and oxygen atoms in total. The lowest BCUT2D eigenvalue weighted by atomic mass is 9.79. The number of likely N-dealkylation sites (tertiary alicyclic amines) is 1. The fourth-order valence-electron chi connectivity index (χ4n) is 4.04. The van der Waals surface area contributed by atoms with Crippen LogP contribution in [0.3, 0.4) is 0 Å². The van der Waals surface area contributed by atoms with Gasteiger partial charge in [0.05, 0.1) is 0 Å². The van der Waals surface area contributed by atoms with Crippen LogP contribution in [-0.2, 0) is 6.42 Å². The SMILES string of the molecule is Cc1ccc2[nH]c3c(c2c1)[C@H]1CN(C)C[C@@H]1CC3. The van der Waals surface area contributed by atoms with Gasteiger partial charge in [-0.3, -0.25) is 0 Å². The molecule has 0 amide bonds. The van der Waals surface area contributed by atoms with Crippen molar-refractivity contribution in [2.45, 2.75) is 25.7 Å². The van der Waals surface area contributed by atoms with Crippen LogP contribution in [0.2, 0.25) is 0 Å². The van der Waals surface area contributed by atoms with Gasteiger partial charge in [-0.25, -0.2) is 0 Å². The van der Waals surface area contributed by atoms with E-state index in [1.54, 1.807) is 5.56 Å². The predicted molar refractivity (Wildman–Crippen MR) is 75.1 cm³/mol. The van der Waals surface area contributed by atoms with E-state index in [9.17, 15) is 0 Å². The molecule has 94 valence electrons. The third-order valence-electron chi connectivity index (χ3n) is 4.84. The quantitative estimate of drug-likeness (QED) is 0.750. The van der Waals surface area contributed by atoms with Gasteiger partial charge in [-0.15, -0.1) is 0 Å². The van der Waals surface area contributed by atoms with Gasteiger partial charge in [-0.1, -0.05) is 11.6 Å². The molecule has 0 saturated carbocycles. The Balaban J connectivity index is 1.94. The Kier molecular flexibility index (Phi) is 2.13. The molecule has 0 spiro atoms. The second-order valence-electron chi connectivity index (χ2n) is 6.19. The molecule has 4 rings (SSSR count). The van der Waals surface area contributed by atoms with Crippen LogP contribution in [0.1, 0.15) is 29.2 Å². The number of hydrogen-bond acceptors (Lipinski definition) is 1. The standard InChI is InChI=1S/C16H20N2/c1-10-3-5-14-12(7-10)16-13-9-18(2)8-11(13)4-6-15(16)17-14/h3,5,7,11,13,17H,4,6,8-9H2,1-2H3/t11-,13-/m0/s1. The van der Waals surface area contributed by atoms with Crippen molar-refractivity contribution in [2.24, 2.45) is 5.92 Å². The third kappa shape index (κ3) is 1.39. The summed E-state index contributed by atoms with van der Waals surface area (Å²) in [5.41, 5.74) is 5.85. The van der Waals surface area contributed by atoms with Gasteiger partial charge in [0, 0.05) is 35.6 Å². The molecule has 2 heteroatoms. The number of aryl methyl sites for hydroxylation is 2. The minimum absolute atomic E-state index is 0.759. The first kappa shape index (κ1) is 10.6. The normalized spacial score (nSPS) is 27.4. The molecule has 2 aliphatic rings. The molecule has 2 heterocycles. The molecule has 0 unspecified atom stereocenters. The van der Waals surface area contributed by atoms with Gasteiger partial charge in [0.2, 0.25) is 0 Å². The maximum atomic E-state index is 3.65. The topological polar surface area (TPSA) is 19.0 Å². The molecule has 1 aromatic carbocycles. The number of rotatable bonds is 0. The zero-order valence-electron chi connectivity index (χ0n) is 11.2. The highest BCUT2D eigenvalue weighted by molar-refractivity contribution is 5.86. The van der Waals surface area contributed by atoms with Crippen LogP contribution in [0.5, 0.6) is 0 Å². The van der Waals surface area contributed by atoms with Gasteiger partial charge < -0.3 is 9.88 Å². The van der Waals surface area contributed by atoms with E-state index in [4.69, 9.17) is 0 Å². The van der Waals surface area contributed by atoms with Crippen molar-refractivity contribution in [3.05, 3.63) is 35.0 Å². The third-order valence-corrected chi connectivity index (χ3v) is 4.84. The summed E-state index contributed by atoms with van der Waals surface area (Å²) in [5.74, 6) is 1.64. The summed E-state index contributed by atoms with van der Waals surface area (Å²) in [6.45, 7) is 4.71. The van der Waals surface area contributed by atoms with Crippen LogP contribution in [0.4, 0.5) is 0 Å². The lowest BCUT2D eigenvalue weighted by Gasteiger charge is -2.25. The minimum atomic E-state index is 0.759. The first-order chi connectivity index (χ1) is 8.72. The molecule has 0 bridgehead atoms. The molecule has 1 fully saturated rings. The monoisotopic (exact) mass is 240 g/mol. The average molecular weight is 240 g/mol. The van der Waals surface area contributed by atoms with E-state index in [-0.39, 0.29) is 0 Å². The van der Waals surface area contributed by atoms with Gasteiger partial charge in [0.25, 0.3) is 0 Å². The molecule has 1 saturated heterocycles. The van der Waals surface area contributed by atoms with Gasteiger partial charge in [-0.05, 0) is 50.4 Å². The lowest BCUT2D eigenvalue weighted by molar-refractivity contribution is 0.386. The summed E-state index contributed by atoms with van der Waals surface area (Å²) in [5, 5.41) is 1.48. The van der Waals surface area contributed by atoms with Crippen LogP contribution in [0.15, 0.2) is 18.2 Å². The van der Waals surface area contributed by atoms with Crippen molar-refractivity contribution in [3.8, 4) is 0 Å². The molecular formula is C16H20N2. The fourth-order valence-corrected chi connectivity index (χ4v) is 4.04. The number of aromatic nitrogens is 1. The zero-order valence-corrected chi connectivity index (χ0v) is 11.2. The maximum absolute atomic E-state index is 3.65. The van der Waals surface area contributed by atoms with Gasteiger partial charge in [-0.2, -0.15) is 0 Å². The molecule has 1 aliphatic carbocycles. The Morgan fingerprint density at radius 1 is 1.28 bits per heavy atom. The van der Waals surface area contributed by atoms with Gasteiger partial charge in [0.1, 0.15) is 0 Å². The number of hydrogen-bond donors (Lipinski definition) is 1. The smallest absolute Gasteiger partial charge is 0.0459 e. The summed E-state index contributed by atoms with van der Waals surface area (Å²) in [6.07, 6.45) is 2.59. The van der Waals surface area contributed by atoms with Crippen molar-refractivity contribution in [3.63, 3.8) is 0 Å². The summed E-state index contributed by atoms with van der Waals surface area (Å²) >= 11 is 0. The van der Waals surface area contributed by atoms with Crippen molar-refractivity contribution >= 4 is 10.9 Å². The molecule has 2 aromatic rings. The van der Waals surface area contributed by atoms with Crippen molar-refractivity contribution < 1.29 is 0 Å². The number of nitrogens with zero attached hydrogens (tertiary/aromatic N) is 1. The first-order valence-corrected chi connectivity index (χ1v) is 7.02. The van der Waals surface area contributed by atoms with E-state index in [0.717, 1.165) is 11.8 Å². The predicted octanol–water partition coefficient (Wildman–Crippen LogP) is 3.07. The highest BCUT2D eigenvalue weighted by atomic mass is 15.1. The molecule has 18 heavy (non-hydrogen) atoms. The second-order valence-corrected chi connectivity index (χ2v) is 6.19. The van der Waals surface area contributed by atoms with E-state index >= 15 is 0 Å². The number of aromatic amines is 1. The van der Waals surface area contributed by atoms with Gasteiger partial charge in [0.15, 0.2) is 0 Å². The van der Waals surface area contributed by atoms with E-state index in [0.29, 0.717) is 0 Å². The molecule has 2 atom stereocenters.